The number of nitrogens with zero attached hydrogens (tertiary/aromatic N) is 2. The van der Waals surface area contributed by atoms with Gasteiger partial charge >= 0.3 is 0 Å². The topological polar surface area (TPSA) is 44.1 Å². The highest BCUT2D eigenvalue weighted by molar-refractivity contribution is 7.21. The van der Waals surface area contributed by atoms with Crippen LogP contribution < -0.4 is 0 Å². The highest BCUT2D eigenvalue weighted by atomic mass is 32.1. The Morgan fingerprint density at radius 2 is 0.889 bits per heavy atom. The van der Waals surface area contributed by atoms with E-state index in [-0.39, 0.29) is 0 Å². The zero-order chi connectivity index (χ0) is 35.3. The minimum Gasteiger partial charge on any atom is -0.456 e. The second-order valence-electron chi connectivity index (χ2n) is 13.9. The Hall–Kier alpha value is -6.95. The van der Waals surface area contributed by atoms with E-state index in [4.69, 9.17) is 13.8 Å². The molecule has 0 aliphatic rings. The molecular formula is C49H28N2O2S. The predicted molar refractivity (Wildman–Crippen MR) is 225 cm³/mol. The Morgan fingerprint density at radius 3 is 1.50 bits per heavy atom. The summed E-state index contributed by atoms with van der Waals surface area (Å²) in [6.07, 6.45) is 0. The van der Waals surface area contributed by atoms with Crippen LogP contribution in [0.15, 0.2) is 179 Å². The van der Waals surface area contributed by atoms with Gasteiger partial charge in [-0.05, 0) is 107 Å². The van der Waals surface area contributed by atoms with E-state index < -0.39 is 0 Å². The van der Waals surface area contributed by atoms with Gasteiger partial charge in [0.25, 0.3) is 0 Å². The summed E-state index contributed by atoms with van der Waals surface area (Å²) >= 11 is 1.74. The molecule has 0 radical (unpaired) electrons. The van der Waals surface area contributed by atoms with E-state index in [9.17, 15) is 0 Å². The van der Waals surface area contributed by atoms with Crippen LogP contribution in [0.2, 0.25) is 0 Å². The zero-order valence-corrected chi connectivity index (χ0v) is 29.6. The van der Waals surface area contributed by atoms with Crippen molar-refractivity contribution in [3.63, 3.8) is 0 Å². The SMILES string of the molecule is c1ccc(-n2c3ccc(-c4ccc5oc6ccccc6c5c4)cc3c3cc(-c4ccc5oc6ccccc6c5c4)ccc32)c(-c2nc3ccccc3s2)c1. The first-order valence-electron chi connectivity index (χ1n) is 18.1. The smallest absolute Gasteiger partial charge is 0.135 e. The van der Waals surface area contributed by atoms with E-state index in [0.717, 1.165) is 98.9 Å². The maximum Gasteiger partial charge on any atom is 0.135 e. The quantitative estimate of drug-likeness (QED) is 0.183. The van der Waals surface area contributed by atoms with Crippen LogP contribution in [-0.2, 0) is 0 Å². The molecule has 0 N–H and O–H groups in total. The van der Waals surface area contributed by atoms with Gasteiger partial charge < -0.3 is 13.4 Å². The number of fused-ring (bicyclic) bond motifs is 10. The third-order valence-corrected chi connectivity index (χ3v) is 11.9. The second-order valence-corrected chi connectivity index (χ2v) is 15.0. The van der Waals surface area contributed by atoms with E-state index in [1.165, 1.54) is 15.5 Å². The first-order chi connectivity index (χ1) is 26.7. The number of benzene rings is 8. The Bertz CT molecular complexity index is 3260. The van der Waals surface area contributed by atoms with Crippen molar-refractivity contribution in [2.24, 2.45) is 0 Å². The molecule has 0 fully saturated rings. The van der Waals surface area contributed by atoms with Gasteiger partial charge in [0.2, 0.25) is 0 Å². The average molecular weight is 709 g/mol. The summed E-state index contributed by atoms with van der Waals surface area (Å²) in [5.41, 5.74) is 13.8. The highest BCUT2D eigenvalue weighted by Gasteiger charge is 2.20. The van der Waals surface area contributed by atoms with Crippen molar-refractivity contribution in [1.82, 2.24) is 9.55 Å². The first-order valence-corrected chi connectivity index (χ1v) is 18.9. The molecular weight excluding hydrogens is 681 g/mol. The summed E-state index contributed by atoms with van der Waals surface area (Å²) in [4.78, 5) is 5.10. The van der Waals surface area contributed by atoms with Crippen molar-refractivity contribution in [3.8, 4) is 38.5 Å². The van der Waals surface area contributed by atoms with Gasteiger partial charge in [0.05, 0.1) is 26.9 Å². The van der Waals surface area contributed by atoms with Gasteiger partial charge in [-0.3, -0.25) is 0 Å². The number of aromatic nitrogens is 2. The van der Waals surface area contributed by atoms with E-state index in [2.05, 4.69) is 150 Å². The van der Waals surface area contributed by atoms with E-state index >= 15 is 0 Å². The highest BCUT2D eigenvalue weighted by Crippen LogP contribution is 2.42. The van der Waals surface area contributed by atoms with Gasteiger partial charge in [-0.2, -0.15) is 0 Å². The number of thiazole rings is 1. The maximum atomic E-state index is 6.18. The molecule has 4 nitrogen and oxygen atoms in total. The predicted octanol–water partition coefficient (Wildman–Crippen LogP) is 14.2. The molecule has 0 aliphatic carbocycles. The summed E-state index contributed by atoms with van der Waals surface area (Å²) in [7, 11) is 0. The van der Waals surface area contributed by atoms with Crippen LogP contribution in [0.4, 0.5) is 0 Å². The number of hydrogen-bond acceptors (Lipinski definition) is 4. The molecule has 4 aromatic heterocycles. The largest absolute Gasteiger partial charge is 0.456 e. The van der Waals surface area contributed by atoms with Crippen molar-refractivity contribution in [1.29, 1.82) is 0 Å². The normalized spacial score (nSPS) is 12.1. The Labute approximate surface area is 312 Å². The molecule has 0 saturated carbocycles. The Morgan fingerprint density at radius 1 is 0.407 bits per heavy atom. The summed E-state index contributed by atoms with van der Waals surface area (Å²) in [6.45, 7) is 0. The van der Waals surface area contributed by atoms with Gasteiger partial charge in [-0.15, -0.1) is 11.3 Å². The first kappa shape index (κ1) is 29.6. The molecule has 0 bridgehead atoms. The maximum absolute atomic E-state index is 6.18. The molecule has 8 aromatic carbocycles. The van der Waals surface area contributed by atoms with Crippen LogP contribution in [0.3, 0.4) is 0 Å². The molecule has 12 aromatic rings. The minimum atomic E-state index is 0.899. The fourth-order valence-electron chi connectivity index (χ4n) is 8.29. The molecule has 54 heavy (non-hydrogen) atoms. The number of furan rings is 2. The number of rotatable bonds is 4. The summed E-state index contributed by atoms with van der Waals surface area (Å²) < 4.78 is 16.0. The Balaban J connectivity index is 1.10. The number of hydrogen-bond donors (Lipinski definition) is 0. The molecule has 4 heterocycles. The van der Waals surface area contributed by atoms with Gasteiger partial charge in [0, 0.05) is 37.9 Å². The third-order valence-electron chi connectivity index (χ3n) is 10.9. The average Bonchev–Trinajstić information content (AvgIpc) is 4.00. The van der Waals surface area contributed by atoms with Crippen molar-refractivity contribution in [2.75, 3.05) is 0 Å². The molecule has 0 spiro atoms. The summed E-state index contributed by atoms with van der Waals surface area (Å²) in [6, 6.07) is 60.4. The molecule has 0 saturated heterocycles. The van der Waals surface area contributed by atoms with E-state index in [1.807, 2.05) is 24.3 Å². The van der Waals surface area contributed by atoms with Crippen LogP contribution in [0.1, 0.15) is 0 Å². The van der Waals surface area contributed by atoms with Crippen molar-refractivity contribution in [3.05, 3.63) is 170 Å². The fourth-order valence-corrected chi connectivity index (χ4v) is 9.29. The van der Waals surface area contributed by atoms with Gasteiger partial charge in [-0.25, -0.2) is 4.98 Å². The lowest BCUT2D eigenvalue weighted by molar-refractivity contribution is 0.668. The lowest BCUT2D eigenvalue weighted by atomic mass is 9.98. The van der Waals surface area contributed by atoms with Crippen molar-refractivity contribution in [2.45, 2.75) is 0 Å². The van der Waals surface area contributed by atoms with Gasteiger partial charge in [0.1, 0.15) is 27.3 Å². The molecule has 0 amide bonds. The molecule has 0 unspecified atom stereocenters. The van der Waals surface area contributed by atoms with E-state index in [1.54, 1.807) is 11.3 Å². The number of para-hydroxylation sites is 4. The fraction of sp³-hybridized carbons (Fsp3) is 0. The van der Waals surface area contributed by atoms with Crippen LogP contribution in [0, 0.1) is 0 Å². The monoisotopic (exact) mass is 708 g/mol. The summed E-state index contributed by atoms with van der Waals surface area (Å²) in [5.74, 6) is 0. The van der Waals surface area contributed by atoms with Crippen LogP contribution in [0.25, 0.3) is 114 Å². The van der Waals surface area contributed by atoms with Crippen LogP contribution in [0.5, 0.6) is 0 Å². The standard InChI is InChI=1S/C49H28N2O2S/c1-5-13-41(35(11-1)49-50-40-12-4-8-16-48(40)54-49)51-42-21-17-29(31-19-23-46-38(27-31)33-9-2-6-14-44(33)52-46)25-36(42)37-26-30(18-22-43(37)51)32-20-24-47-39(28-32)34-10-3-7-15-45(34)53-47/h1-28H. The zero-order valence-electron chi connectivity index (χ0n) is 28.8. The minimum absolute atomic E-state index is 0.899. The lowest BCUT2D eigenvalue weighted by Crippen LogP contribution is -1.97. The van der Waals surface area contributed by atoms with Gasteiger partial charge in [0.15, 0.2) is 0 Å². The summed E-state index contributed by atoms with van der Waals surface area (Å²) in [5, 5.41) is 7.90. The molecule has 252 valence electrons. The molecule has 0 aliphatic heterocycles. The molecule has 5 heteroatoms. The third kappa shape index (κ3) is 4.39. The van der Waals surface area contributed by atoms with Crippen molar-refractivity contribution >= 4 is 87.2 Å². The van der Waals surface area contributed by atoms with Crippen LogP contribution in [-0.4, -0.2) is 9.55 Å². The van der Waals surface area contributed by atoms with Gasteiger partial charge in [-0.1, -0.05) is 84.9 Å². The Kier molecular flexibility index (Phi) is 6.18. The van der Waals surface area contributed by atoms with E-state index in [0.29, 0.717) is 0 Å². The van der Waals surface area contributed by atoms with Crippen LogP contribution >= 0.6 is 11.3 Å². The molecule has 0 atom stereocenters. The van der Waals surface area contributed by atoms with Crippen molar-refractivity contribution < 1.29 is 8.83 Å². The molecule has 12 rings (SSSR count). The lowest BCUT2D eigenvalue weighted by Gasteiger charge is -2.13. The second kappa shape index (κ2) is 11.3.